The summed E-state index contributed by atoms with van der Waals surface area (Å²) >= 11 is 13.5. The monoisotopic (exact) mass is 594 g/mol. The number of methoxy groups -OCH3 is 1. The van der Waals surface area contributed by atoms with E-state index < -0.39 is 5.97 Å². The second-order valence-corrected chi connectivity index (χ2v) is 11.2. The number of ether oxygens (including phenoxy) is 2. The Morgan fingerprint density at radius 1 is 1.21 bits per heavy atom. The number of morpholine rings is 1. The van der Waals surface area contributed by atoms with Crippen molar-refractivity contribution in [3.63, 3.8) is 0 Å². The van der Waals surface area contributed by atoms with E-state index in [4.69, 9.17) is 32.7 Å². The van der Waals surface area contributed by atoms with Gasteiger partial charge in [-0.3, -0.25) is 4.79 Å². The first-order valence-corrected chi connectivity index (χ1v) is 14.1. The summed E-state index contributed by atoms with van der Waals surface area (Å²) in [5.41, 5.74) is 1.19. The number of carbonyl (C=O) groups is 2. The Labute approximate surface area is 239 Å². The molecule has 0 unspecified atom stereocenters. The van der Waals surface area contributed by atoms with Crippen molar-refractivity contribution in [2.24, 2.45) is 5.92 Å². The second kappa shape index (κ2) is 11.8. The smallest absolute Gasteiger partial charge is 0.348 e. The number of piperidine rings is 1. The van der Waals surface area contributed by atoms with E-state index in [0.29, 0.717) is 73.2 Å². The Balaban J connectivity index is 1.34. The number of hydrogen-bond acceptors (Lipinski definition) is 10. The molecule has 2 saturated heterocycles. The fraction of sp³-hybridized carbons (Fsp3) is 0.480. The number of aromatic nitrogens is 4. The fourth-order valence-corrected chi connectivity index (χ4v) is 6.29. The molecule has 2 atom stereocenters. The number of ketones is 1. The third kappa shape index (κ3) is 5.75. The molecule has 0 spiro atoms. The standard InChI is InChI=1S/C25H28Cl2N6O5S/c1-13-18(26)19(27)20(29-13)15(34)11-14-4-6-33(12-16(14)37-2)25-31-21(22(39-25)24(35)36)23-28-5-3-17(30-23)32-7-9-38-10-8-32/h3,5,14,16,29H,4,6-12H2,1-2H3,(H,35,36)/t14-,16-/m0/s1. The van der Waals surface area contributed by atoms with Gasteiger partial charge in [0.1, 0.15) is 22.1 Å². The van der Waals surface area contributed by atoms with Crippen LogP contribution in [0.25, 0.3) is 11.5 Å². The van der Waals surface area contributed by atoms with Crippen LogP contribution in [-0.4, -0.2) is 89.4 Å². The maximum absolute atomic E-state index is 13.0. The lowest BCUT2D eigenvalue weighted by Gasteiger charge is -2.37. The van der Waals surface area contributed by atoms with Crippen LogP contribution in [0.1, 0.15) is 38.7 Å². The van der Waals surface area contributed by atoms with Crippen molar-refractivity contribution in [3.8, 4) is 11.5 Å². The number of carboxylic acid groups (broad SMARTS) is 1. The average molecular weight is 596 g/mol. The van der Waals surface area contributed by atoms with E-state index in [1.807, 2.05) is 4.90 Å². The molecular formula is C25H28Cl2N6O5S. The summed E-state index contributed by atoms with van der Waals surface area (Å²) < 4.78 is 11.2. The summed E-state index contributed by atoms with van der Waals surface area (Å²) in [6, 6.07) is 1.80. The zero-order chi connectivity index (χ0) is 27.7. The molecule has 0 amide bonds. The van der Waals surface area contributed by atoms with Gasteiger partial charge in [-0.1, -0.05) is 34.5 Å². The summed E-state index contributed by atoms with van der Waals surface area (Å²) in [6.45, 7) is 5.40. The molecule has 0 saturated carbocycles. The number of halogens is 2. The summed E-state index contributed by atoms with van der Waals surface area (Å²) in [5, 5.41) is 11.1. The van der Waals surface area contributed by atoms with Crippen molar-refractivity contribution in [1.82, 2.24) is 19.9 Å². The highest BCUT2D eigenvalue weighted by Gasteiger charge is 2.34. The number of carbonyl (C=O) groups excluding carboxylic acids is 1. The van der Waals surface area contributed by atoms with E-state index in [9.17, 15) is 14.7 Å². The van der Waals surface area contributed by atoms with E-state index in [1.165, 1.54) is 0 Å². The van der Waals surface area contributed by atoms with Crippen molar-refractivity contribution in [2.75, 3.05) is 56.3 Å². The Hall–Kier alpha value is -2.77. The molecular weight excluding hydrogens is 567 g/mol. The predicted molar refractivity (Wildman–Crippen MR) is 149 cm³/mol. The van der Waals surface area contributed by atoms with Crippen LogP contribution in [0.3, 0.4) is 0 Å². The maximum atomic E-state index is 13.0. The van der Waals surface area contributed by atoms with Crippen LogP contribution in [0.4, 0.5) is 10.9 Å². The number of nitrogens with zero attached hydrogens (tertiary/aromatic N) is 5. The molecule has 3 aromatic rings. The number of aromatic amines is 1. The molecule has 14 heteroatoms. The van der Waals surface area contributed by atoms with Gasteiger partial charge >= 0.3 is 5.97 Å². The van der Waals surface area contributed by atoms with Crippen LogP contribution in [0.15, 0.2) is 12.3 Å². The molecule has 0 bridgehead atoms. The van der Waals surface area contributed by atoms with Gasteiger partial charge in [0.2, 0.25) is 0 Å². The molecule has 2 N–H and O–H groups in total. The van der Waals surface area contributed by atoms with Gasteiger partial charge in [-0.15, -0.1) is 0 Å². The van der Waals surface area contributed by atoms with Crippen molar-refractivity contribution in [2.45, 2.75) is 25.9 Å². The summed E-state index contributed by atoms with van der Waals surface area (Å²) in [4.78, 5) is 45.9. The number of aromatic carboxylic acids is 1. The number of Topliss-reactive ketones (excluding diaryl/α,β-unsaturated/α-hetero) is 1. The quantitative estimate of drug-likeness (QED) is 0.365. The number of H-pyrrole nitrogens is 1. The van der Waals surface area contributed by atoms with E-state index in [-0.39, 0.29) is 45.6 Å². The first-order valence-electron chi connectivity index (χ1n) is 12.5. The van der Waals surface area contributed by atoms with Crippen LogP contribution in [0, 0.1) is 12.8 Å². The summed E-state index contributed by atoms with van der Waals surface area (Å²) in [5.74, 6) is -0.298. The minimum Gasteiger partial charge on any atom is -0.477 e. The lowest BCUT2D eigenvalue weighted by atomic mass is 9.88. The van der Waals surface area contributed by atoms with Crippen LogP contribution < -0.4 is 9.80 Å². The molecule has 11 nitrogen and oxygen atoms in total. The average Bonchev–Trinajstić information content (AvgIpc) is 3.52. The number of thiazole rings is 1. The third-order valence-electron chi connectivity index (χ3n) is 7.05. The van der Waals surface area contributed by atoms with Gasteiger partial charge in [0.25, 0.3) is 0 Å². The Morgan fingerprint density at radius 3 is 2.64 bits per heavy atom. The van der Waals surface area contributed by atoms with Gasteiger partial charge in [0.05, 0.1) is 29.4 Å². The second-order valence-electron chi connectivity index (χ2n) is 9.47. The fourth-order valence-electron chi connectivity index (χ4n) is 4.92. The molecule has 5 heterocycles. The van der Waals surface area contributed by atoms with E-state index in [0.717, 1.165) is 11.3 Å². The minimum absolute atomic E-state index is 0.0517. The van der Waals surface area contributed by atoms with E-state index >= 15 is 0 Å². The van der Waals surface area contributed by atoms with Crippen molar-refractivity contribution in [1.29, 1.82) is 0 Å². The Bertz CT molecular complexity index is 1370. The number of carboxylic acids is 1. The molecule has 0 radical (unpaired) electrons. The number of anilines is 2. The molecule has 0 aliphatic carbocycles. The van der Waals surface area contributed by atoms with Gasteiger partial charge in [-0.05, 0) is 25.3 Å². The first-order chi connectivity index (χ1) is 18.8. The zero-order valence-corrected chi connectivity index (χ0v) is 23.8. The number of rotatable bonds is 8. The largest absolute Gasteiger partial charge is 0.477 e. The Kier molecular flexibility index (Phi) is 8.38. The van der Waals surface area contributed by atoms with Gasteiger partial charge in [0.15, 0.2) is 16.7 Å². The van der Waals surface area contributed by atoms with Crippen LogP contribution in [-0.2, 0) is 9.47 Å². The molecule has 208 valence electrons. The van der Waals surface area contributed by atoms with Gasteiger partial charge < -0.3 is 29.4 Å². The first kappa shape index (κ1) is 27.8. The molecule has 2 aliphatic rings. The van der Waals surface area contributed by atoms with Crippen LogP contribution >= 0.6 is 34.5 Å². The van der Waals surface area contributed by atoms with E-state index in [2.05, 4.69) is 24.8 Å². The topological polar surface area (TPSA) is 134 Å². The lowest BCUT2D eigenvalue weighted by molar-refractivity contribution is 0.0375. The molecule has 5 rings (SSSR count). The normalized spacial score (nSPS) is 19.9. The van der Waals surface area contributed by atoms with Crippen LogP contribution in [0.5, 0.6) is 0 Å². The highest BCUT2D eigenvalue weighted by atomic mass is 35.5. The highest BCUT2D eigenvalue weighted by molar-refractivity contribution is 7.17. The van der Waals surface area contributed by atoms with E-state index in [1.54, 1.807) is 26.3 Å². The molecule has 39 heavy (non-hydrogen) atoms. The number of aryl methyl sites for hydroxylation is 1. The third-order valence-corrected chi connectivity index (χ3v) is 9.10. The van der Waals surface area contributed by atoms with Crippen LogP contribution in [0.2, 0.25) is 10.0 Å². The molecule has 2 fully saturated rings. The zero-order valence-electron chi connectivity index (χ0n) is 21.4. The van der Waals surface area contributed by atoms with Crippen molar-refractivity contribution >= 4 is 57.2 Å². The van der Waals surface area contributed by atoms with Gasteiger partial charge in [-0.2, -0.15) is 0 Å². The maximum Gasteiger partial charge on any atom is 0.348 e. The SMILES string of the molecule is CO[C@H]1CN(c2nc(-c3nccc(N4CCOCC4)n3)c(C(=O)O)s2)CC[C@H]1CC(=O)c1[nH]c(C)c(Cl)c1Cl. The van der Waals surface area contributed by atoms with Gasteiger partial charge in [0, 0.05) is 51.6 Å². The van der Waals surface area contributed by atoms with Crippen molar-refractivity contribution in [3.05, 3.63) is 38.6 Å². The molecule has 3 aromatic heterocycles. The van der Waals surface area contributed by atoms with Gasteiger partial charge in [-0.25, -0.2) is 19.7 Å². The lowest BCUT2D eigenvalue weighted by Crippen LogP contribution is -2.45. The van der Waals surface area contributed by atoms with Crippen molar-refractivity contribution < 1.29 is 24.2 Å². The minimum atomic E-state index is -1.09. The number of nitrogens with one attached hydrogen (secondary N) is 1. The predicted octanol–water partition coefficient (Wildman–Crippen LogP) is 4.19. The summed E-state index contributed by atoms with van der Waals surface area (Å²) in [6.07, 6.45) is 2.24. The number of hydrogen-bond donors (Lipinski definition) is 2. The summed E-state index contributed by atoms with van der Waals surface area (Å²) in [7, 11) is 1.61. The highest BCUT2D eigenvalue weighted by Crippen LogP contribution is 2.36. The Morgan fingerprint density at radius 2 is 1.97 bits per heavy atom. The molecule has 2 aliphatic heterocycles. The molecule has 0 aromatic carbocycles.